The molecule has 0 aliphatic rings. The lowest BCUT2D eigenvalue weighted by Crippen LogP contribution is -2.23. The maximum atomic E-state index is 11.4. The van der Waals surface area contributed by atoms with E-state index in [0.29, 0.717) is 13.0 Å². The highest BCUT2D eigenvalue weighted by atomic mass is 16.5. The van der Waals surface area contributed by atoms with Gasteiger partial charge in [0.25, 0.3) is 0 Å². The molecule has 0 aliphatic heterocycles. The Morgan fingerprint density at radius 1 is 1.44 bits per heavy atom. The van der Waals surface area contributed by atoms with Crippen molar-refractivity contribution in [3.63, 3.8) is 0 Å². The fourth-order valence-electron chi connectivity index (χ4n) is 1.59. The van der Waals surface area contributed by atoms with Gasteiger partial charge in [-0.2, -0.15) is 0 Å². The van der Waals surface area contributed by atoms with Gasteiger partial charge < -0.3 is 15.4 Å². The summed E-state index contributed by atoms with van der Waals surface area (Å²) in [6.07, 6.45) is 0.390. The second kappa shape index (κ2) is 6.40. The molecule has 0 fully saturated rings. The Bertz CT molecular complexity index is 414. The molecule has 18 heavy (non-hydrogen) atoms. The number of benzene rings is 1. The van der Waals surface area contributed by atoms with Crippen molar-refractivity contribution in [3.05, 3.63) is 29.3 Å². The molecule has 1 aromatic carbocycles. The van der Waals surface area contributed by atoms with Gasteiger partial charge in [0, 0.05) is 20.1 Å². The van der Waals surface area contributed by atoms with E-state index >= 15 is 0 Å². The molecule has 0 aromatic heterocycles. The first-order valence-corrected chi connectivity index (χ1v) is 6.11. The molecule has 4 nitrogen and oxygen atoms in total. The maximum Gasteiger partial charge on any atom is 0.225 e. The van der Waals surface area contributed by atoms with Crippen molar-refractivity contribution in [2.45, 2.75) is 26.3 Å². The predicted octanol–water partition coefficient (Wildman–Crippen LogP) is 1.87. The Kier molecular flexibility index (Phi) is 5.16. The predicted molar refractivity (Wildman–Crippen MR) is 72.6 cm³/mol. The molecule has 4 heteroatoms. The van der Waals surface area contributed by atoms with Gasteiger partial charge in [0.2, 0.25) is 5.91 Å². The molecular weight excluding hydrogens is 228 g/mol. The number of carbonyl (C=O) groups is 1. The number of nitrogens with two attached hydrogens (primary N) is 1. The fourth-order valence-corrected chi connectivity index (χ4v) is 1.59. The normalized spacial score (nSPS) is 12.1. The Hall–Kier alpha value is -1.55. The Morgan fingerprint density at radius 3 is 2.61 bits per heavy atom. The van der Waals surface area contributed by atoms with Crippen molar-refractivity contribution in [3.8, 4) is 5.75 Å². The van der Waals surface area contributed by atoms with Crippen molar-refractivity contribution >= 4 is 5.91 Å². The van der Waals surface area contributed by atoms with Crippen LogP contribution in [-0.4, -0.2) is 31.5 Å². The zero-order chi connectivity index (χ0) is 13.7. The van der Waals surface area contributed by atoms with Crippen LogP contribution in [0.25, 0.3) is 0 Å². The first kappa shape index (κ1) is 14.5. The van der Waals surface area contributed by atoms with Gasteiger partial charge in [-0.25, -0.2) is 0 Å². The van der Waals surface area contributed by atoms with Crippen LogP contribution < -0.4 is 10.5 Å². The second-order valence-electron chi connectivity index (χ2n) is 4.70. The minimum Gasteiger partial charge on any atom is -0.493 e. The van der Waals surface area contributed by atoms with E-state index in [-0.39, 0.29) is 11.9 Å². The third-order valence-electron chi connectivity index (χ3n) is 2.80. The van der Waals surface area contributed by atoms with Crippen LogP contribution in [0.5, 0.6) is 5.75 Å². The monoisotopic (exact) mass is 250 g/mol. The quantitative estimate of drug-likeness (QED) is 0.868. The number of amides is 1. The van der Waals surface area contributed by atoms with Crippen LogP contribution in [0.1, 0.15) is 30.5 Å². The smallest absolute Gasteiger partial charge is 0.225 e. The summed E-state index contributed by atoms with van der Waals surface area (Å²) in [5.41, 5.74) is 7.95. The molecule has 0 saturated carbocycles. The van der Waals surface area contributed by atoms with Gasteiger partial charge >= 0.3 is 0 Å². The van der Waals surface area contributed by atoms with Crippen molar-refractivity contribution in [2.75, 3.05) is 20.7 Å². The molecule has 1 atom stereocenters. The van der Waals surface area contributed by atoms with Gasteiger partial charge in [-0.3, -0.25) is 4.79 Å². The summed E-state index contributed by atoms with van der Waals surface area (Å²) in [7, 11) is 3.48. The summed E-state index contributed by atoms with van der Waals surface area (Å²) in [6.45, 7) is 4.33. The largest absolute Gasteiger partial charge is 0.493 e. The summed E-state index contributed by atoms with van der Waals surface area (Å²) >= 11 is 0. The fraction of sp³-hybridized carbons (Fsp3) is 0.500. The number of hydrogen-bond donors (Lipinski definition) is 1. The van der Waals surface area contributed by atoms with Gasteiger partial charge in [0.15, 0.2) is 0 Å². The molecular formula is C14H22N2O2. The molecule has 1 amide bonds. The summed E-state index contributed by atoms with van der Waals surface area (Å²) in [6, 6.07) is 5.91. The van der Waals surface area contributed by atoms with Gasteiger partial charge in [0.05, 0.1) is 13.0 Å². The van der Waals surface area contributed by atoms with Gasteiger partial charge in [-0.15, -0.1) is 0 Å². The lowest BCUT2D eigenvalue weighted by Gasteiger charge is -2.13. The number of ether oxygens (including phenoxy) is 1. The molecule has 0 unspecified atom stereocenters. The SMILES string of the molecule is Cc1cc([C@H](C)N)ccc1OCCC(=O)N(C)C. The topological polar surface area (TPSA) is 55.6 Å². The van der Waals surface area contributed by atoms with Crippen LogP contribution >= 0.6 is 0 Å². The van der Waals surface area contributed by atoms with E-state index in [1.165, 1.54) is 0 Å². The lowest BCUT2D eigenvalue weighted by molar-refractivity contribution is -0.129. The summed E-state index contributed by atoms with van der Waals surface area (Å²) in [4.78, 5) is 13.0. The van der Waals surface area contributed by atoms with Crippen LogP contribution in [0.3, 0.4) is 0 Å². The van der Waals surface area contributed by atoms with Gasteiger partial charge in [-0.05, 0) is 31.0 Å². The van der Waals surface area contributed by atoms with Crippen LogP contribution in [0.4, 0.5) is 0 Å². The first-order chi connectivity index (χ1) is 8.41. The summed E-state index contributed by atoms with van der Waals surface area (Å²) < 4.78 is 5.60. The van der Waals surface area contributed by atoms with Crippen molar-refractivity contribution in [1.29, 1.82) is 0 Å². The van der Waals surface area contributed by atoms with E-state index in [0.717, 1.165) is 16.9 Å². The molecule has 0 bridgehead atoms. The van der Waals surface area contributed by atoms with Crippen molar-refractivity contribution in [1.82, 2.24) is 4.90 Å². The van der Waals surface area contributed by atoms with Gasteiger partial charge in [-0.1, -0.05) is 12.1 Å². The molecule has 0 spiro atoms. The van der Waals surface area contributed by atoms with E-state index in [4.69, 9.17) is 10.5 Å². The van der Waals surface area contributed by atoms with Crippen molar-refractivity contribution < 1.29 is 9.53 Å². The first-order valence-electron chi connectivity index (χ1n) is 6.11. The van der Waals surface area contributed by atoms with Crippen LogP contribution in [0.2, 0.25) is 0 Å². The Morgan fingerprint density at radius 2 is 2.11 bits per heavy atom. The minimum absolute atomic E-state index is 0.0214. The number of rotatable bonds is 5. The number of carbonyl (C=O) groups excluding carboxylic acids is 1. The molecule has 0 saturated heterocycles. The van der Waals surface area contributed by atoms with Gasteiger partial charge in [0.1, 0.15) is 5.75 Å². The van der Waals surface area contributed by atoms with E-state index < -0.39 is 0 Å². The third-order valence-corrected chi connectivity index (χ3v) is 2.80. The minimum atomic E-state index is 0.0214. The zero-order valence-corrected chi connectivity index (χ0v) is 11.6. The molecule has 0 radical (unpaired) electrons. The average molecular weight is 250 g/mol. The number of nitrogens with zero attached hydrogens (tertiary/aromatic N) is 1. The standard InChI is InChI=1S/C14H22N2O2/c1-10-9-12(11(2)15)5-6-13(10)18-8-7-14(17)16(3)4/h5-6,9,11H,7-8,15H2,1-4H3/t11-/m0/s1. The second-order valence-corrected chi connectivity index (χ2v) is 4.70. The molecule has 1 rings (SSSR count). The van der Waals surface area contributed by atoms with E-state index in [9.17, 15) is 4.79 Å². The van der Waals surface area contributed by atoms with E-state index in [2.05, 4.69) is 0 Å². The van der Waals surface area contributed by atoms with Crippen LogP contribution in [-0.2, 0) is 4.79 Å². The van der Waals surface area contributed by atoms with Crippen LogP contribution in [0.15, 0.2) is 18.2 Å². The summed E-state index contributed by atoms with van der Waals surface area (Å²) in [5.74, 6) is 0.880. The lowest BCUT2D eigenvalue weighted by atomic mass is 10.1. The van der Waals surface area contributed by atoms with Crippen molar-refractivity contribution in [2.24, 2.45) is 5.73 Å². The highest BCUT2D eigenvalue weighted by Gasteiger charge is 2.07. The molecule has 0 aliphatic carbocycles. The highest BCUT2D eigenvalue weighted by Crippen LogP contribution is 2.21. The van der Waals surface area contributed by atoms with Crippen LogP contribution in [0, 0.1) is 6.92 Å². The number of hydrogen-bond acceptors (Lipinski definition) is 3. The van der Waals surface area contributed by atoms with E-state index in [1.54, 1.807) is 19.0 Å². The molecule has 100 valence electrons. The maximum absolute atomic E-state index is 11.4. The van der Waals surface area contributed by atoms with E-state index in [1.807, 2.05) is 32.0 Å². The molecule has 1 aromatic rings. The molecule has 2 N–H and O–H groups in total. The Labute approximate surface area is 109 Å². The Balaban J connectivity index is 2.56. The summed E-state index contributed by atoms with van der Waals surface area (Å²) in [5, 5.41) is 0. The third kappa shape index (κ3) is 4.04. The highest BCUT2D eigenvalue weighted by molar-refractivity contribution is 5.75. The zero-order valence-electron chi connectivity index (χ0n) is 11.6. The average Bonchev–Trinajstić information content (AvgIpc) is 2.30. The number of aryl methyl sites for hydroxylation is 1. The molecule has 0 heterocycles.